The zero-order chi connectivity index (χ0) is 30.0. The van der Waals surface area contributed by atoms with E-state index in [0.717, 1.165) is 24.0 Å². The second-order valence-electron chi connectivity index (χ2n) is 9.06. The van der Waals surface area contributed by atoms with Crippen molar-refractivity contribution in [2.45, 2.75) is 13.0 Å². The summed E-state index contributed by atoms with van der Waals surface area (Å²) in [6.07, 6.45) is 1.84. The zero-order valence-corrected chi connectivity index (χ0v) is 28.3. The number of nitrogens with zero attached hydrogens (tertiary/aromatic N) is 2. The van der Waals surface area contributed by atoms with Gasteiger partial charge in [0, 0.05) is 5.56 Å². The molecule has 1 unspecified atom stereocenters. The van der Waals surface area contributed by atoms with Crippen LogP contribution in [0.5, 0.6) is 17.2 Å². The summed E-state index contributed by atoms with van der Waals surface area (Å²) in [5.74, 6) is 1.24. The summed E-state index contributed by atoms with van der Waals surface area (Å²) >= 11 is 5.71. The number of carbonyl (C=O) groups is 1. The molecule has 0 N–H and O–H groups in total. The largest absolute Gasteiger partial charge is 0.495 e. The van der Waals surface area contributed by atoms with Gasteiger partial charge in [-0.25, -0.2) is 9.79 Å². The van der Waals surface area contributed by atoms with E-state index in [9.17, 15) is 9.59 Å². The highest BCUT2D eigenvalue weighted by molar-refractivity contribution is 14.1. The molecule has 1 aromatic heterocycles. The zero-order valence-electron chi connectivity index (χ0n) is 23.1. The van der Waals surface area contributed by atoms with Gasteiger partial charge in [-0.05, 0) is 93.6 Å². The van der Waals surface area contributed by atoms with Crippen LogP contribution < -0.4 is 29.1 Å². The van der Waals surface area contributed by atoms with Gasteiger partial charge in [-0.3, -0.25) is 9.36 Å². The summed E-state index contributed by atoms with van der Waals surface area (Å²) in [7, 11) is 4.73. The van der Waals surface area contributed by atoms with Crippen LogP contribution in [0.25, 0.3) is 11.8 Å². The molecule has 11 heteroatoms. The monoisotopic (exact) mass is 808 g/mol. The van der Waals surface area contributed by atoms with Crippen molar-refractivity contribution < 1.29 is 23.7 Å². The smallest absolute Gasteiger partial charge is 0.338 e. The Morgan fingerprint density at radius 3 is 2.29 bits per heavy atom. The molecule has 0 aliphatic carbocycles. The van der Waals surface area contributed by atoms with Crippen LogP contribution in [-0.2, 0) is 9.53 Å². The molecular formula is C31H26I2N2O6S. The number of ether oxygens (including phenoxy) is 4. The van der Waals surface area contributed by atoms with Crippen molar-refractivity contribution in [1.29, 1.82) is 0 Å². The fourth-order valence-corrected chi connectivity index (χ4v) is 8.05. The molecule has 8 nitrogen and oxygen atoms in total. The van der Waals surface area contributed by atoms with Crippen molar-refractivity contribution in [1.82, 2.24) is 4.57 Å². The van der Waals surface area contributed by atoms with Gasteiger partial charge in [0.05, 0.1) is 56.9 Å². The van der Waals surface area contributed by atoms with E-state index < -0.39 is 12.0 Å². The minimum absolute atomic E-state index is 0.169. The topological polar surface area (TPSA) is 88.4 Å². The number of aromatic nitrogens is 1. The highest BCUT2D eigenvalue weighted by Gasteiger charge is 2.35. The predicted octanol–water partition coefficient (Wildman–Crippen LogP) is 5.17. The number of benzene rings is 3. The van der Waals surface area contributed by atoms with Crippen molar-refractivity contribution in [3.05, 3.63) is 110 Å². The minimum atomic E-state index is -0.825. The Kier molecular flexibility index (Phi) is 9.38. The average molecular weight is 808 g/mol. The summed E-state index contributed by atoms with van der Waals surface area (Å²) in [5, 5.41) is 0. The number of carbonyl (C=O) groups excluding carboxylic acids is 1. The van der Waals surface area contributed by atoms with E-state index in [4.69, 9.17) is 23.9 Å². The van der Waals surface area contributed by atoms with E-state index in [1.807, 2.05) is 54.6 Å². The second kappa shape index (κ2) is 13.0. The highest BCUT2D eigenvalue weighted by atomic mass is 127. The Bertz CT molecular complexity index is 1860. The maximum atomic E-state index is 14.2. The molecule has 0 radical (unpaired) electrons. The van der Waals surface area contributed by atoms with Crippen molar-refractivity contribution in [3.63, 3.8) is 0 Å². The van der Waals surface area contributed by atoms with Crippen LogP contribution >= 0.6 is 56.5 Å². The molecule has 0 saturated carbocycles. The number of fused-ring (bicyclic) bond motifs is 1. The lowest BCUT2D eigenvalue weighted by Gasteiger charge is -2.26. The number of methoxy groups -OCH3 is 3. The number of thiazole rings is 1. The Balaban J connectivity index is 1.83. The fourth-order valence-electron chi connectivity index (χ4n) is 4.79. The SMILES string of the molecule is CCOC(=O)C1=C(c2ccccc2)N=c2s/c(=C\c3cc(I)c(OC)c(I)c3)c(=O)n2C1c1ccc(OC)c(OC)c1. The first-order valence-corrected chi connectivity index (χ1v) is 15.8. The fraction of sp³-hybridized carbons (Fsp3) is 0.194. The number of rotatable bonds is 8. The summed E-state index contributed by atoms with van der Waals surface area (Å²) in [5.41, 5.74) is 2.69. The van der Waals surface area contributed by atoms with E-state index in [1.54, 1.807) is 45.0 Å². The Labute approximate surface area is 273 Å². The number of hydrogen-bond acceptors (Lipinski definition) is 8. The molecule has 4 aromatic rings. The van der Waals surface area contributed by atoms with E-state index in [-0.39, 0.29) is 17.7 Å². The van der Waals surface area contributed by atoms with Crippen LogP contribution in [0.4, 0.5) is 0 Å². The van der Waals surface area contributed by atoms with Crippen molar-refractivity contribution in [2.75, 3.05) is 27.9 Å². The number of halogens is 2. The molecule has 0 amide bonds. The van der Waals surface area contributed by atoms with Gasteiger partial charge in [0.2, 0.25) is 0 Å². The molecular weight excluding hydrogens is 782 g/mol. The van der Waals surface area contributed by atoms with Crippen LogP contribution in [0.1, 0.15) is 29.7 Å². The molecule has 0 spiro atoms. The molecule has 3 aromatic carbocycles. The van der Waals surface area contributed by atoms with Gasteiger partial charge < -0.3 is 18.9 Å². The van der Waals surface area contributed by atoms with Crippen LogP contribution in [0.3, 0.4) is 0 Å². The first-order chi connectivity index (χ1) is 20.3. The first kappa shape index (κ1) is 30.3. The van der Waals surface area contributed by atoms with Gasteiger partial charge in [-0.1, -0.05) is 47.7 Å². The molecule has 42 heavy (non-hydrogen) atoms. The van der Waals surface area contributed by atoms with E-state index in [0.29, 0.717) is 32.1 Å². The minimum Gasteiger partial charge on any atom is -0.495 e. The van der Waals surface area contributed by atoms with Crippen LogP contribution in [0.2, 0.25) is 0 Å². The van der Waals surface area contributed by atoms with Crippen LogP contribution in [0.15, 0.2) is 76.0 Å². The molecule has 216 valence electrons. The average Bonchev–Trinajstić information content (AvgIpc) is 3.30. The van der Waals surface area contributed by atoms with Gasteiger partial charge in [0.25, 0.3) is 5.56 Å². The number of esters is 1. The van der Waals surface area contributed by atoms with Crippen LogP contribution in [-0.4, -0.2) is 38.5 Å². The van der Waals surface area contributed by atoms with Crippen molar-refractivity contribution in [3.8, 4) is 17.2 Å². The Morgan fingerprint density at radius 1 is 0.976 bits per heavy atom. The molecule has 5 rings (SSSR count). The Hall–Kier alpha value is -3.17. The lowest BCUT2D eigenvalue weighted by Crippen LogP contribution is -2.40. The first-order valence-electron chi connectivity index (χ1n) is 12.8. The summed E-state index contributed by atoms with van der Waals surface area (Å²) in [6, 6.07) is 17.9. The standard InChI is InChI=1S/C31H26I2N2O6S/c1-5-41-30(37)25-26(18-9-7-6-8-10-18)34-31-35(27(25)19-11-12-22(38-2)23(16-19)39-3)29(36)24(42-31)15-17-13-20(32)28(40-4)21(33)14-17/h6-16,27H,5H2,1-4H3/b24-15-. The van der Waals surface area contributed by atoms with E-state index >= 15 is 0 Å². The number of hydrogen-bond donors (Lipinski definition) is 0. The van der Waals surface area contributed by atoms with Gasteiger partial charge in [0.15, 0.2) is 16.3 Å². The van der Waals surface area contributed by atoms with Crippen molar-refractivity contribution >= 4 is 74.3 Å². The third kappa shape index (κ3) is 5.73. The normalized spacial score (nSPS) is 14.7. The lowest BCUT2D eigenvalue weighted by molar-refractivity contribution is -0.138. The Morgan fingerprint density at radius 2 is 1.67 bits per heavy atom. The lowest BCUT2D eigenvalue weighted by atomic mass is 9.93. The van der Waals surface area contributed by atoms with E-state index in [1.165, 1.54) is 11.3 Å². The third-order valence-corrected chi connectivity index (χ3v) is 9.21. The van der Waals surface area contributed by atoms with Gasteiger partial charge in [-0.15, -0.1) is 0 Å². The molecule has 0 bridgehead atoms. The van der Waals surface area contributed by atoms with Gasteiger partial charge >= 0.3 is 5.97 Å². The molecule has 0 fully saturated rings. The molecule has 1 aliphatic rings. The van der Waals surface area contributed by atoms with Crippen LogP contribution in [0, 0.1) is 7.14 Å². The predicted molar refractivity (Wildman–Crippen MR) is 179 cm³/mol. The highest BCUT2D eigenvalue weighted by Crippen LogP contribution is 2.38. The molecule has 1 atom stereocenters. The third-order valence-electron chi connectivity index (χ3n) is 6.62. The molecule has 1 aliphatic heterocycles. The maximum absolute atomic E-state index is 14.2. The summed E-state index contributed by atoms with van der Waals surface area (Å²) in [4.78, 5) is 33.2. The maximum Gasteiger partial charge on any atom is 0.338 e. The molecule has 2 heterocycles. The summed E-state index contributed by atoms with van der Waals surface area (Å²) < 4.78 is 26.0. The quantitative estimate of drug-likeness (QED) is 0.181. The van der Waals surface area contributed by atoms with Gasteiger partial charge in [-0.2, -0.15) is 0 Å². The molecule has 0 saturated heterocycles. The van der Waals surface area contributed by atoms with Crippen molar-refractivity contribution in [2.24, 2.45) is 4.99 Å². The second-order valence-corrected chi connectivity index (χ2v) is 12.4. The van der Waals surface area contributed by atoms with Gasteiger partial charge in [0.1, 0.15) is 5.75 Å². The summed E-state index contributed by atoms with van der Waals surface area (Å²) in [6.45, 7) is 1.92. The van der Waals surface area contributed by atoms with E-state index in [2.05, 4.69) is 45.2 Å².